The number of thioether (sulfide) groups is 1. The summed E-state index contributed by atoms with van der Waals surface area (Å²) >= 11 is 1.21. The van der Waals surface area contributed by atoms with Crippen LogP contribution in [0.15, 0.2) is 29.3 Å². The number of aliphatic imine (C=N–C) groups is 1. The lowest BCUT2D eigenvalue weighted by Crippen LogP contribution is -2.54. The number of alkyl halides is 3. The zero-order valence-corrected chi connectivity index (χ0v) is 18.6. The van der Waals surface area contributed by atoms with Crippen LogP contribution in [0.5, 0.6) is 0 Å². The second-order valence-corrected chi connectivity index (χ2v) is 9.52. The molecular weight excluding hydrogens is 461 g/mol. The highest BCUT2D eigenvalue weighted by atomic mass is 32.2. The van der Waals surface area contributed by atoms with Gasteiger partial charge in [-0.1, -0.05) is 17.8 Å². The van der Waals surface area contributed by atoms with Crippen LogP contribution in [0.3, 0.4) is 0 Å². The molecule has 0 unspecified atom stereocenters. The van der Waals surface area contributed by atoms with Crippen LogP contribution < -0.4 is 10.6 Å². The Balaban J connectivity index is 1.39. The summed E-state index contributed by atoms with van der Waals surface area (Å²) in [5.41, 5.74) is -0.585. The molecule has 1 aromatic carbocycles. The molecule has 33 heavy (non-hydrogen) atoms. The molecule has 0 aromatic heterocycles. The molecule has 2 heterocycles. The molecule has 0 bridgehead atoms. The highest BCUT2D eigenvalue weighted by Crippen LogP contribution is 2.41. The third-order valence-corrected chi connectivity index (χ3v) is 7.41. The lowest BCUT2D eigenvalue weighted by atomic mass is 9.81. The number of aliphatic hydroxyl groups is 2. The van der Waals surface area contributed by atoms with E-state index in [4.69, 9.17) is 4.74 Å². The number of nitrogens with zero attached hydrogens (tertiary/aromatic N) is 2. The number of amidine groups is 1. The van der Waals surface area contributed by atoms with Crippen molar-refractivity contribution in [3.05, 3.63) is 29.8 Å². The number of rotatable bonds is 5. The molecule has 2 fully saturated rings. The number of halogens is 3. The molecule has 8 nitrogen and oxygen atoms in total. The maximum absolute atomic E-state index is 13.0. The van der Waals surface area contributed by atoms with Crippen LogP contribution in [0.4, 0.5) is 18.9 Å². The Morgan fingerprint density at radius 1 is 1.27 bits per heavy atom. The molecule has 1 aromatic rings. The third kappa shape index (κ3) is 5.80. The highest BCUT2D eigenvalue weighted by Gasteiger charge is 2.50. The van der Waals surface area contributed by atoms with Crippen molar-refractivity contribution >= 4 is 28.5 Å². The van der Waals surface area contributed by atoms with Gasteiger partial charge in [0.2, 0.25) is 5.91 Å². The molecule has 1 saturated carbocycles. The average Bonchev–Trinajstić information content (AvgIpc) is 3.20. The smallest absolute Gasteiger partial charge is 0.390 e. The van der Waals surface area contributed by atoms with Crippen molar-refractivity contribution in [2.45, 2.75) is 36.1 Å². The van der Waals surface area contributed by atoms with Gasteiger partial charge >= 0.3 is 6.18 Å². The van der Waals surface area contributed by atoms with Crippen LogP contribution in [-0.4, -0.2) is 89.1 Å². The van der Waals surface area contributed by atoms with E-state index in [0.29, 0.717) is 31.5 Å². The zero-order chi connectivity index (χ0) is 23.6. The first-order chi connectivity index (χ1) is 15.7. The second kappa shape index (κ2) is 10.2. The van der Waals surface area contributed by atoms with Gasteiger partial charge in [0.15, 0.2) is 5.17 Å². The Morgan fingerprint density at radius 2 is 2.03 bits per heavy atom. The SMILES string of the molecule is O=C(NCCN1CCOCC1)[C@H]1C[C@@H](O)[C@H](O)[C@H]2N=C(Nc3cccc(C(F)(F)F)c3)S[C@@H]21. The lowest BCUT2D eigenvalue weighted by Gasteiger charge is -2.37. The first kappa shape index (κ1) is 24.3. The van der Waals surface area contributed by atoms with Crippen molar-refractivity contribution in [1.82, 2.24) is 10.2 Å². The van der Waals surface area contributed by atoms with Crippen LogP contribution in [0.1, 0.15) is 12.0 Å². The van der Waals surface area contributed by atoms with Crippen LogP contribution in [0.2, 0.25) is 0 Å². The van der Waals surface area contributed by atoms with E-state index in [1.165, 1.54) is 23.9 Å². The van der Waals surface area contributed by atoms with Gasteiger partial charge in [-0.2, -0.15) is 13.2 Å². The van der Waals surface area contributed by atoms with Gasteiger partial charge in [0.1, 0.15) is 6.10 Å². The van der Waals surface area contributed by atoms with E-state index < -0.39 is 41.2 Å². The summed E-state index contributed by atoms with van der Waals surface area (Å²) < 4.78 is 44.3. The van der Waals surface area contributed by atoms with Gasteiger partial charge in [-0.25, -0.2) is 0 Å². The maximum atomic E-state index is 13.0. The van der Waals surface area contributed by atoms with Crippen molar-refractivity contribution in [2.75, 3.05) is 44.7 Å². The number of amides is 1. The van der Waals surface area contributed by atoms with E-state index >= 15 is 0 Å². The van der Waals surface area contributed by atoms with Crippen LogP contribution >= 0.6 is 11.8 Å². The van der Waals surface area contributed by atoms with E-state index in [1.807, 2.05) is 0 Å². The van der Waals surface area contributed by atoms with Crippen LogP contribution in [-0.2, 0) is 15.7 Å². The standard InChI is InChI=1S/C21H27F3N4O4S/c22-21(23,24)12-2-1-3-13(10-12)26-20-27-16-17(30)15(29)11-14(18(16)33-20)19(31)25-4-5-28-6-8-32-9-7-28/h1-3,10,14-18,29-30H,4-9,11H2,(H,25,31)(H,26,27)/t14-,15+,16+,17-,18+/m0/s1. The number of carbonyl (C=O) groups excluding carboxylic acids is 1. The first-order valence-corrected chi connectivity index (χ1v) is 11.7. The van der Waals surface area contributed by atoms with Gasteiger partial charge in [0, 0.05) is 37.1 Å². The summed E-state index contributed by atoms with van der Waals surface area (Å²) in [6.07, 6.45) is -6.65. The van der Waals surface area contributed by atoms with Crippen LogP contribution in [0.25, 0.3) is 0 Å². The maximum Gasteiger partial charge on any atom is 0.416 e. The minimum Gasteiger partial charge on any atom is -0.390 e. The predicted octanol–water partition coefficient (Wildman–Crippen LogP) is 1.15. The van der Waals surface area contributed by atoms with E-state index in [0.717, 1.165) is 25.2 Å². The number of morpholine rings is 1. The molecule has 1 amide bonds. The number of benzene rings is 1. The van der Waals surface area contributed by atoms with Crippen molar-refractivity contribution < 1.29 is 32.9 Å². The average molecular weight is 489 g/mol. The number of aliphatic hydroxyl groups excluding tert-OH is 2. The largest absolute Gasteiger partial charge is 0.416 e. The topological polar surface area (TPSA) is 106 Å². The second-order valence-electron chi connectivity index (χ2n) is 8.36. The van der Waals surface area contributed by atoms with Gasteiger partial charge in [0.25, 0.3) is 0 Å². The number of anilines is 1. The molecule has 182 valence electrons. The summed E-state index contributed by atoms with van der Waals surface area (Å²) in [6, 6.07) is 4.00. The van der Waals surface area contributed by atoms with E-state index in [9.17, 15) is 28.2 Å². The molecule has 0 spiro atoms. The third-order valence-electron chi connectivity index (χ3n) is 6.10. The number of hydrogen-bond acceptors (Lipinski definition) is 8. The summed E-state index contributed by atoms with van der Waals surface area (Å²) in [6.45, 7) is 4.09. The Bertz CT molecular complexity index is 881. The van der Waals surface area contributed by atoms with E-state index in [1.54, 1.807) is 0 Å². The fourth-order valence-corrected chi connectivity index (χ4v) is 5.68. The summed E-state index contributed by atoms with van der Waals surface area (Å²) in [7, 11) is 0. The molecule has 0 radical (unpaired) electrons. The molecule has 4 rings (SSSR count). The minimum atomic E-state index is -4.47. The zero-order valence-electron chi connectivity index (χ0n) is 17.8. The number of nitrogens with one attached hydrogen (secondary N) is 2. The Hall–Kier alpha value is -1.86. The fraction of sp³-hybridized carbons (Fsp3) is 0.619. The summed E-state index contributed by atoms with van der Waals surface area (Å²) in [5, 5.41) is 26.4. The monoisotopic (exact) mass is 488 g/mol. The number of ether oxygens (including phenoxy) is 1. The molecule has 12 heteroatoms. The molecule has 3 aliphatic rings. The number of hydrogen-bond donors (Lipinski definition) is 4. The Morgan fingerprint density at radius 3 is 2.76 bits per heavy atom. The van der Waals surface area contributed by atoms with E-state index in [-0.39, 0.29) is 18.0 Å². The molecule has 4 N–H and O–H groups in total. The van der Waals surface area contributed by atoms with Gasteiger partial charge in [-0.05, 0) is 24.6 Å². The first-order valence-electron chi connectivity index (χ1n) is 10.8. The summed E-state index contributed by atoms with van der Waals surface area (Å²) in [4.78, 5) is 19.5. The van der Waals surface area contributed by atoms with Crippen LogP contribution in [0, 0.1) is 5.92 Å². The fourth-order valence-electron chi connectivity index (χ4n) is 4.30. The normalized spacial score (nSPS) is 30.5. The quantitative estimate of drug-likeness (QED) is 0.493. The van der Waals surface area contributed by atoms with Gasteiger partial charge in [-0.15, -0.1) is 0 Å². The molecule has 1 saturated heterocycles. The Labute approximate surface area is 193 Å². The molecule has 5 atom stereocenters. The van der Waals surface area contributed by atoms with Gasteiger partial charge in [0.05, 0.1) is 36.8 Å². The minimum absolute atomic E-state index is 0.0884. The summed E-state index contributed by atoms with van der Waals surface area (Å²) in [5.74, 6) is -0.820. The highest BCUT2D eigenvalue weighted by molar-refractivity contribution is 8.15. The van der Waals surface area contributed by atoms with Crippen molar-refractivity contribution in [1.29, 1.82) is 0 Å². The van der Waals surface area contributed by atoms with Gasteiger partial charge in [-0.3, -0.25) is 14.7 Å². The Kier molecular flexibility index (Phi) is 7.49. The van der Waals surface area contributed by atoms with Crippen molar-refractivity contribution in [3.63, 3.8) is 0 Å². The number of carbonyl (C=O) groups is 1. The molecular formula is C21H27F3N4O4S. The van der Waals surface area contributed by atoms with Gasteiger partial charge < -0.3 is 25.6 Å². The predicted molar refractivity (Wildman–Crippen MR) is 118 cm³/mol. The lowest BCUT2D eigenvalue weighted by molar-refractivity contribution is -0.137. The molecule has 2 aliphatic heterocycles. The number of fused-ring (bicyclic) bond motifs is 1. The van der Waals surface area contributed by atoms with E-state index in [2.05, 4.69) is 20.5 Å². The molecule has 1 aliphatic carbocycles. The van der Waals surface area contributed by atoms with Crippen molar-refractivity contribution in [3.8, 4) is 0 Å². The van der Waals surface area contributed by atoms with Crippen molar-refractivity contribution in [2.24, 2.45) is 10.9 Å².